The van der Waals surface area contributed by atoms with Gasteiger partial charge in [0.05, 0.1) is 4.83 Å². The van der Waals surface area contributed by atoms with Crippen molar-refractivity contribution >= 4 is 15.9 Å². The molecular formula is C19H23Br. The van der Waals surface area contributed by atoms with E-state index in [1.807, 2.05) is 0 Å². The van der Waals surface area contributed by atoms with E-state index in [1.165, 1.54) is 27.8 Å². The third-order valence-corrected chi connectivity index (χ3v) is 4.79. The third kappa shape index (κ3) is 3.32. The van der Waals surface area contributed by atoms with Gasteiger partial charge in [0.25, 0.3) is 0 Å². The lowest BCUT2D eigenvalue weighted by atomic mass is 9.86. The fraction of sp³-hybridized carbons (Fsp3) is 0.368. The molecule has 2 rings (SSSR count). The van der Waals surface area contributed by atoms with Crippen LogP contribution in [0.3, 0.4) is 0 Å². The molecule has 0 aliphatic heterocycles. The van der Waals surface area contributed by atoms with Crippen LogP contribution in [0.1, 0.15) is 53.4 Å². The number of aryl methyl sites for hydroxylation is 2. The number of benzene rings is 2. The minimum Gasteiger partial charge on any atom is -0.0786 e. The summed E-state index contributed by atoms with van der Waals surface area (Å²) in [4.78, 5) is 0.261. The minimum absolute atomic E-state index is 0.208. The number of hydrogen-bond acceptors (Lipinski definition) is 0. The molecule has 2 aromatic carbocycles. The number of alkyl halides is 1. The van der Waals surface area contributed by atoms with Crippen molar-refractivity contribution in [1.82, 2.24) is 0 Å². The molecule has 0 amide bonds. The first-order valence-electron chi connectivity index (χ1n) is 7.10. The molecule has 0 aromatic heterocycles. The van der Waals surface area contributed by atoms with E-state index in [0.717, 1.165) is 0 Å². The second kappa shape index (κ2) is 5.73. The first kappa shape index (κ1) is 15.3. The van der Waals surface area contributed by atoms with Crippen LogP contribution in [0.2, 0.25) is 0 Å². The molecule has 0 saturated carbocycles. The zero-order valence-electron chi connectivity index (χ0n) is 13.0. The molecule has 0 fully saturated rings. The SMILES string of the molecule is Cc1ccc(C(Br)c2ccc(C(C)(C)C)cc2)c(C)c1. The molecule has 0 nitrogen and oxygen atoms in total. The Labute approximate surface area is 131 Å². The normalized spacial score (nSPS) is 13.3. The summed E-state index contributed by atoms with van der Waals surface area (Å²) >= 11 is 3.84. The van der Waals surface area contributed by atoms with Gasteiger partial charge < -0.3 is 0 Å². The highest BCUT2D eigenvalue weighted by Gasteiger charge is 2.16. The van der Waals surface area contributed by atoms with E-state index in [0.29, 0.717) is 0 Å². The van der Waals surface area contributed by atoms with Gasteiger partial charge in [-0.05, 0) is 41.5 Å². The zero-order valence-corrected chi connectivity index (χ0v) is 14.6. The Morgan fingerprint density at radius 1 is 0.900 bits per heavy atom. The van der Waals surface area contributed by atoms with Crippen molar-refractivity contribution in [2.75, 3.05) is 0 Å². The first-order chi connectivity index (χ1) is 9.29. The summed E-state index contributed by atoms with van der Waals surface area (Å²) in [6.07, 6.45) is 0. The van der Waals surface area contributed by atoms with E-state index in [-0.39, 0.29) is 10.2 Å². The molecule has 0 aliphatic rings. The van der Waals surface area contributed by atoms with Gasteiger partial charge in [-0.25, -0.2) is 0 Å². The average molecular weight is 331 g/mol. The smallest absolute Gasteiger partial charge is 0.0647 e. The van der Waals surface area contributed by atoms with Gasteiger partial charge >= 0.3 is 0 Å². The molecule has 1 atom stereocenters. The fourth-order valence-electron chi connectivity index (χ4n) is 2.44. The molecule has 106 valence electrons. The predicted octanol–water partition coefficient (Wildman–Crippen LogP) is 6.09. The average Bonchev–Trinajstić information content (AvgIpc) is 2.37. The van der Waals surface area contributed by atoms with E-state index >= 15 is 0 Å². The van der Waals surface area contributed by atoms with Crippen LogP contribution in [-0.4, -0.2) is 0 Å². The lowest BCUT2D eigenvalue weighted by Gasteiger charge is -2.20. The summed E-state index contributed by atoms with van der Waals surface area (Å²) in [6.45, 7) is 11.1. The zero-order chi connectivity index (χ0) is 14.9. The van der Waals surface area contributed by atoms with Crippen molar-refractivity contribution in [1.29, 1.82) is 0 Å². The standard InChI is InChI=1S/C19H23Br/c1-13-6-11-17(14(2)12-13)18(20)15-7-9-16(10-8-15)19(3,4)5/h6-12,18H,1-5H3. The molecule has 0 spiro atoms. The summed E-state index contributed by atoms with van der Waals surface area (Å²) in [6, 6.07) is 15.6. The maximum Gasteiger partial charge on any atom is 0.0647 e. The Hall–Kier alpha value is -1.08. The third-order valence-electron chi connectivity index (χ3n) is 3.77. The summed E-state index contributed by atoms with van der Waals surface area (Å²) < 4.78 is 0. The number of halogens is 1. The van der Waals surface area contributed by atoms with Crippen LogP contribution in [0.25, 0.3) is 0 Å². The van der Waals surface area contributed by atoms with Gasteiger partial charge in [-0.3, -0.25) is 0 Å². The maximum atomic E-state index is 3.84. The van der Waals surface area contributed by atoms with Gasteiger partial charge in [0.2, 0.25) is 0 Å². The monoisotopic (exact) mass is 330 g/mol. The molecule has 0 bridgehead atoms. The van der Waals surface area contributed by atoms with Crippen LogP contribution in [-0.2, 0) is 5.41 Å². The molecule has 0 heterocycles. The van der Waals surface area contributed by atoms with Gasteiger partial charge in [-0.2, -0.15) is 0 Å². The Balaban J connectivity index is 2.31. The van der Waals surface area contributed by atoms with Crippen LogP contribution < -0.4 is 0 Å². The largest absolute Gasteiger partial charge is 0.0786 e. The molecule has 20 heavy (non-hydrogen) atoms. The highest BCUT2D eigenvalue weighted by molar-refractivity contribution is 9.09. The van der Waals surface area contributed by atoms with Crippen LogP contribution >= 0.6 is 15.9 Å². The molecule has 2 aromatic rings. The highest BCUT2D eigenvalue weighted by atomic mass is 79.9. The predicted molar refractivity (Wildman–Crippen MR) is 91.8 cm³/mol. The highest BCUT2D eigenvalue weighted by Crippen LogP contribution is 2.34. The topological polar surface area (TPSA) is 0 Å². The summed E-state index contributed by atoms with van der Waals surface area (Å²) in [7, 11) is 0. The van der Waals surface area contributed by atoms with Crippen molar-refractivity contribution < 1.29 is 0 Å². The Morgan fingerprint density at radius 2 is 1.50 bits per heavy atom. The first-order valence-corrected chi connectivity index (χ1v) is 8.02. The molecule has 0 aliphatic carbocycles. The van der Waals surface area contributed by atoms with Crippen molar-refractivity contribution in [2.24, 2.45) is 0 Å². The lowest BCUT2D eigenvalue weighted by molar-refractivity contribution is 0.590. The summed E-state index contributed by atoms with van der Waals surface area (Å²) in [5.41, 5.74) is 6.89. The van der Waals surface area contributed by atoms with Crippen molar-refractivity contribution in [3.05, 3.63) is 70.3 Å². The molecular weight excluding hydrogens is 308 g/mol. The Kier molecular flexibility index (Phi) is 4.39. The molecule has 0 saturated heterocycles. The Bertz CT molecular complexity index is 588. The van der Waals surface area contributed by atoms with E-state index in [1.54, 1.807) is 0 Å². The summed E-state index contributed by atoms with van der Waals surface area (Å²) in [5, 5.41) is 0. The fourth-order valence-corrected chi connectivity index (χ4v) is 3.26. The molecule has 0 radical (unpaired) electrons. The van der Waals surface area contributed by atoms with Crippen LogP contribution in [0.4, 0.5) is 0 Å². The molecule has 0 N–H and O–H groups in total. The second-order valence-corrected chi connectivity index (χ2v) is 7.51. The van der Waals surface area contributed by atoms with E-state index in [2.05, 4.69) is 93.0 Å². The van der Waals surface area contributed by atoms with Crippen molar-refractivity contribution in [3.8, 4) is 0 Å². The minimum atomic E-state index is 0.208. The van der Waals surface area contributed by atoms with Gasteiger partial charge in [0, 0.05) is 0 Å². The van der Waals surface area contributed by atoms with Gasteiger partial charge in [0.1, 0.15) is 0 Å². The number of rotatable bonds is 2. The quantitative estimate of drug-likeness (QED) is 0.585. The van der Waals surface area contributed by atoms with Gasteiger partial charge in [-0.15, -0.1) is 0 Å². The Morgan fingerprint density at radius 3 is 2.00 bits per heavy atom. The van der Waals surface area contributed by atoms with E-state index in [4.69, 9.17) is 0 Å². The maximum absolute atomic E-state index is 3.84. The van der Waals surface area contributed by atoms with Crippen LogP contribution in [0, 0.1) is 13.8 Å². The lowest BCUT2D eigenvalue weighted by Crippen LogP contribution is -2.10. The van der Waals surface area contributed by atoms with Crippen LogP contribution in [0.5, 0.6) is 0 Å². The number of hydrogen-bond donors (Lipinski definition) is 0. The van der Waals surface area contributed by atoms with Crippen molar-refractivity contribution in [2.45, 2.75) is 44.9 Å². The van der Waals surface area contributed by atoms with E-state index < -0.39 is 0 Å². The molecule has 1 unspecified atom stereocenters. The second-order valence-electron chi connectivity index (χ2n) is 6.59. The van der Waals surface area contributed by atoms with E-state index in [9.17, 15) is 0 Å². The molecule has 1 heteroatoms. The van der Waals surface area contributed by atoms with Gasteiger partial charge in [0.15, 0.2) is 0 Å². The van der Waals surface area contributed by atoms with Crippen LogP contribution in [0.15, 0.2) is 42.5 Å². The van der Waals surface area contributed by atoms with Gasteiger partial charge in [-0.1, -0.05) is 84.7 Å². The summed E-state index contributed by atoms with van der Waals surface area (Å²) in [5.74, 6) is 0. The van der Waals surface area contributed by atoms with Crippen molar-refractivity contribution in [3.63, 3.8) is 0 Å².